The summed E-state index contributed by atoms with van der Waals surface area (Å²) in [5, 5.41) is 0. The van der Waals surface area contributed by atoms with Crippen LogP contribution in [0.4, 0.5) is 0 Å². The number of esters is 1. The van der Waals surface area contributed by atoms with Gasteiger partial charge in [0.25, 0.3) is 0 Å². The van der Waals surface area contributed by atoms with Gasteiger partial charge >= 0.3 is 5.97 Å². The molecule has 0 saturated carbocycles. The molecule has 26 heavy (non-hydrogen) atoms. The Morgan fingerprint density at radius 2 is 1.08 bits per heavy atom. The molecule has 3 aromatic rings. The van der Waals surface area contributed by atoms with E-state index < -0.39 is 0 Å². The van der Waals surface area contributed by atoms with Crippen LogP contribution in [0.2, 0.25) is 0 Å². The van der Waals surface area contributed by atoms with Crippen LogP contribution in [0.3, 0.4) is 0 Å². The van der Waals surface area contributed by atoms with Crippen molar-refractivity contribution in [2.45, 2.75) is 13.8 Å². The van der Waals surface area contributed by atoms with E-state index >= 15 is 0 Å². The lowest BCUT2D eigenvalue weighted by molar-refractivity contribution is 0.0734. The Morgan fingerprint density at radius 1 is 0.654 bits per heavy atom. The van der Waals surface area contributed by atoms with E-state index in [1.54, 1.807) is 36.4 Å². The predicted octanol–water partition coefficient (Wildman–Crippen LogP) is 4.94. The van der Waals surface area contributed by atoms with Gasteiger partial charge < -0.3 is 14.2 Å². The first-order chi connectivity index (χ1) is 12.6. The molecule has 0 aliphatic rings. The van der Waals surface area contributed by atoms with E-state index in [0.29, 0.717) is 17.1 Å². The third-order valence-electron chi connectivity index (χ3n) is 3.79. The first-order valence-electron chi connectivity index (χ1n) is 8.31. The Hall–Kier alpha value is -3.27. The molecule has 3 rings (SSSR count). The van der Waals surface area contributed by atoms with Crippen LogP contribution in [-0.2, 0) is 0 Å². The van der Waals surface area contributed by atoms with Crippen LogP contribution < -0.4 is 14.2 Å². The average molecular weight is 348 g/mol. The largest absolute Gasteiger partial charge is 0.458 e. The van der Waals surface area contributed by atoms with Crippen LogP contribution in [0, 0.1) is 13.8 Å². The van der Waals surface area contributed by atoms with Gasteiger partial charge in [-0.2, -0.15) is 0 Å². The second kappa shape index (κ2) is 8.21. The van der Waals surface area contributed by atoms with Crippen molar-refractivity contribution in [2.75, 3.05) is 6.79 Å². The van der Waals surface area contributed by atoms with Crippen molar-refractivity contribution in [1.29, 1.82) is 0 Å². The highest BCUT2D eigenvalue weighted by Crippen LogP contribution is 2.19. The summed E-state index contributed by atoms with van der Waals surface area (Å²) in [5.41, 5.74) is 2.78. The summed E-state index contributed by atoms with van der Waals surface area (Å²) < 4.78 is 16.4. The normalized spacial score (nSPS) is 10.2. The fourth-order valence-electron chi connectivity index (χ4n) is 2.26. The van der Waals surface area contributed by atoms with Crippen LogP contribution in [0.15, 0.2) is 72.8 Å². The lowest BCUT2D eigenvalue weighted by atomic mass is 10.1. The maximum Gasteiger partial charge on any atom is 0.343 e. The number of hydrogen-bond acceptors (Lipinski definition) is 4. The van der Waals surface area contributed by atoms with Gasteiger partial charge in [-0.25, -0.2) is 4.79 Å². The SMILES string of the molecule is Cc1ccc(OCOc2ccc(OC(=O)c3ccc(C)cc3)cc2)cc1. The van der Waals surface area contributed by atoms with E-state index in [-0.39, 0.29) is 12.8 Å². The molecule has 4 nitrogen and oxygen atoms in total. The third-order valence-corrected chi connectivity index (χ3v) is 3.79. The van der Waals surface area contributed by atoms with Gasteiger partial charge in [-0.1, -0.05) is 35.4 Å². The van der Waals surface area contributed by atoms with Crippen LogP contribution in [0.1, 0.15) is 21.5 Å². The molecule has 0 aliphatic carbocycles. The van der Waals surface area contributed by atoms with Gasteiger partial charge in [-0.3, -0.25) is 0 Å². The summed E-state index contributed by atoms with van der Waals surface area (Å²) in [6.45, 7) is 4.09. The second-order valence-corrected chi connectivity index (χ2v) is 5.95. The number of aryl methyl sites for hydroxylation is 2. The number of carbonyl (C=O) groups is 1. The van der Waals surface area contributed by atoms with Gasteiger partial charge in [0.2, 0.25) is 6.79 Å². The molecule has 0 saturated heterocycles. The maximum absolute atomic E-state index is 12.1. The quantitative estimate of drug-likeness (QED) is 0.360. The van der Waals surface area contributed by atoms with Crippen LogP contribution >= 0.6 is 0 Å². The zero-order valence-corrected chi connectivity index (χ0v) is 14.8. The molecule has 0 amide bonds. The fourth-order valence-corrected chi connectivity index (χ4v) is 2.26. The summed E-state index contributed by atoms with van der Waals surface area (Å²) in [7, 11) is 0. The number of rotatable bonds is 6. The molecule has 0 aliphatic heterocycles. The molecule has 0 N–H and O–H groups in total. The Balaban J connectivity index is 1.50. The minimum absolute atomic E-state index is 0.103. The van der Waals surface area contributed by atoms with Gasteiger partial charge in [0.05, 0.1) is 5.56 Å². The summed E-state index contributed by atoms with van der Waals surface area (Å²) in [6, 6.07) is 21.8. The molecular weight excluding hydrogens is 328 g/mol. The Morgan fingerprint density at radius 3 is 1.62 bits per heavy atom. The maximum atomic E-state index is 12.1. The molecule has 0 atom stereocenters. The van der Waals surface area contributed by atoms with Crippen molar-refractivity contribution >= 4 is 5.97 Å². The minimum atomic E-state index is -0.388. The summed E-state index contributed by atoms with van der Waals surface area (Å²) in [4.78, 5) is 12.1. The molecule has 132 valence electrons. The van der Waals surface area contributed by atoms with E-state index in [1.165, 1.54) is 5.56 Å². The molecule has 0 bridgehead atoms. The fraction of sp³-hybridized carbons (Fsp3) is 0.136. The lowest BCUT2D eigenvalue weighted by Crippen LogP contribution is -2.08. The minimum Gasteiger partial charge on any atom is -0.458 e. The molecule has 0 aromatic heterocycles. The monoisotopic (exact) mass is 348 g/mol. The first-order valence-corrected chi connectivity index (χ1v) is 8.31. The summed E-state index contributed by atoms with van der Waals surface area (Å²) in [5.74, 6) is 1.45. The number of benzene rings is 3. The van der Waals surface area contributed by atoms with Crippen molar-refractivity contribution in [1.82, 2.24) is 0 Å². The van der Waals surface area contributed by atoms with Crippen molar-refractivity contribution in [3.8, 4) is 17.2 Å². The highest BCUT2D eigenvalue weighted by Gasteiger charge is 2.08. The van der Waals surface area contributed by atoms with Gasteiger partial charge in [-0.15, -0.1) is 0 Å². The van der Waals surface area contributed by atoms with E-state index in [0.717, 1.165) is 11.3 Å². The number of carbonyl (C=O) groups excluding carboxylic acids is 1. The number of ether oxygens (including phenoxy) is 3. The van der Waals surface area contributed by atoms with Crippen LogP contribution in [-0.4, -0.2) is 12.8 Å². The molecule has 0 spiro atoms. The third kappa shape index (κ3) is 4.86. The van der Waals surface area contributed by atoms with Gasteiger partial charge in [0.1, 0.15) is 17.2 Å². The van der Waals surface area contributed by atoms with E-state index in [2.05, 4.69) is 0 Å². The molecule has 0 radical (unpaired) electrons. The van der Waals surface area contributed by atoms with E-state index in [1.807, 2.05) is 50.2 Å². The number of hydrogen-bond donors (Lipinski definition) is 0. The standard InChI is InChI=1S/C22H20O4/c1-16-3-7-18(8-4-16)22(23)26-21-13-11-20(12-14-21)25-15-24-19-9-5-17(2)6-10-19/h3-14H,15H2,1-2H3. The molecule has 4 heteroatoms. The summed E-state index contributed by atoms with van der Waals surface area (Å²) in [6.07, 6.45) is 0. The Kier molecular flexibility index (Phi) is 5.54. The van der Waals surface area contributed by atoms with E-state index in [4.69, 9.17) is 14.2 Å². The molecule has 0 heterocycles. The first kappa shape index (κ1) is 17.5. The van der Waals surface area contributed by atoms with Crippen molar-refractivity contribution < 1.29 is 19.0 Å². The summed E-state index contributed by atoms with van der Waals surface area (Å²) >= 11 is 0. The second-order valence-electron chi connectivity index (χ2n) is 5.95. The zero-order chi connectivity index (χ0) is 18.4. The molecule has 0 fully saturated rings. The topological polar surface area (TPSA) is 44.8 Å². The molecule has 0 unspecified atom stereocenters. The van der Waals surface area contributed by atoms with Crippen molar-refractivity contribution in [2.24, 2.45) is 0 Å². The van der Waals surface area contributed by atoms with Crippen molar-refractivity contribution in [3.05, 3.63) is 89.5 Å². The highest BCUT2D eigenvalue weighted by atomic mass is 16.7. The van der Waals surface area contributed by atoms with Crippen LogP contribution in [0.25, 0.3) is 0 Å². The average Bonchev–Trinajstić information content (AvgIpc) is 2.65. The predicted molar refractivity (Wildman–Crippen MR) is 99.9 cm³/mol. The van der Waals surface area contributed by atoms with Crippen molar-refractivity contribution in [3.63, 3.8) is 0 Å². The Bertz CT molecular complexity index is 850. The van der Waals surface area contributed by atoms with Gasteiger partial charge in [-0.05, 0) is 62.4 Å². The zero-order valence-electron chi connectivity index (χ0n) is 14.8. The van der Waals surface area contributed by atoms with Gasteiger partial charge in [0.15, 0.2) is 0 Å². The molecular formula is C22H20O4. The lowest BCUT2D eigenvalue weighted by Gasteiger charge is -2.09. The smallest absolute Gasteiger partial charge is 0.343 e. The molecule has 3 aromatic carbocycles. The highest BCUT2D eigenvalue weighted by molar-refractivity contribution is 5.91. The van der Waals surface area contributed by atoms with Gasteiger partial charge in [0, 0.05) is 0 Å². The van der Waals surface area contributed by atoms with Crippen LogP contribution in [0.5, 0.6) is 17.2 Å². The van der Waals surface area contributed by atoms with E-state index in [9.17, 15) is 4.79 Å². The Labute approximate surface area is 153 Å².